The highest BCUT2D eigenvalue weighted by molar-refractivity contribution is 7.93. The Balaban J connectivity index is 1.04. The van der Waals surface area contributed by atoms with Gasteiger partial charge in [0.05, 0.1) is 34.0 Å². The van der Waals surface area contributed by atoms with Crippen molar-refractivity contribution < 1.29 is 36.0 Å². The predicted octanol–water partition coefficient (Wildman–Crippen LogP) is 17.7. The molecule has 0 bridgehead atoms. The zero-order valence-corrected chi connectivity index (χ0v) is 51.7. The summed E-state index contributed by atoms with van der Waals surface area (Å²) in [4.78, 5) is 58.5. The van der Waals surface area contributed by atoms with E-state index in [1.165, 1.54) is 222 Å². The zero-order chi connectivity index (χ0) is 58.4. The second-order valence-corrected chi connectivity index (χ2v) is 27.2. The first kappa shape index (κ1) is 66.2. The van der Waals surface area contributed by atoms with Crippen LogP contribution in [0.1, 0.15) is 302 Å². The highest BCUT2D eigenvalue weighted by Gasteiger charge is 2.39. The number of anilines is 2. The Morgan fingerprint density at radius 3 is 0.866 bits per heavy atom. The second-order valence-electron chi connectivity index (χ2n) is 23.5. The van der Waals surface area contributed by atoms with Crippen molar-refractivity contribution in [1.29, 1.82) is 0 Å². The number of carbonyl (C=O) groups excluding carboxylic acids is 4. The third-order valence-electron chi connectivity index (χ3n) is 16.7. The number of hydrogen-bond donors (Lipinski definition) is 3. The highest BCUT2D eigenvalue weighted by Crippen LogP contribution is 2.44. The minimum Gasteiger partial charge on any atom is -0.316 e. The SMILES string of the molecule is CCCCCCCCCCCCCCCCCCCCCS(=O)(=O)Nc1ccc(-c2ccc(NS(=O)(=O)CCNCCCCCCCCCCCCCCCCCC)c3c2C(=O)c2ccccc2C3=O)c2c1C(=O)c1ccccc1C2=O. The number of fused-ring (bicyclic) bond motifs is 4. The Kier molecular flexibility index (Phi) is 29.0. The Bertz CT molecular complexity index is 2700. The van der Waals surface area contributed by atoms with Gasteiger partial charge < -0.3 is 5.32 Å². The number of ketones is 4. The Morgan fingerprint density at radius 2 is 0.549 bits per heavy atom. The van der Waals surface area contributed by atoms with Crippen LogP contribution in [0.25, 0.3) is 11.1 Å². The molecule has 2 aliphatic carbocycles. The molecule has 0 radical (unpaired) electrons. The van der Waals surface area contributed by atoms with Gasteiger partial charge in [0, 0.05) is 39.9 Å². The third-order valence-corrected chi connectivity index (χ3v) is 19.4. The number of sulfonamides is 2. The molecule has 0 fully saturated rings. The number of hydrogen-bond acceptors (Lipinski definition) is 9. The first-order valence-electron chi connectivity index (χ1n) is 32.3. The standard InChI is InChI=1S/C69H99N3O8S2/c1-3-5-7-9-11-13-15-17-19-21-22-23-25-27-29-31-33-35-41-52-81(77,78)71-60-48-46-54(62-64(60)68(75)58-44-38-36-42-56(58)66(62)73)55-47-49-61(65-63(55)67(74)57-43-37-39-45-59(57)69(65)76)72-82(79,80)53-51-70-50-40-34-32-30-28-26-24-20-18-16-14-12-10-8-6-4-2/h36-39,42-49,70-72H,3-35,40-41,50-53H2,1-2H3. The summed E-state index contributed by atoms with van der Waals surface area (Å²) in [5, 5.41) is 3.25. The summed E-state index contributed by atoms with van der Waals surface area (Å²) in [6.45, 7) is 5.38. The fraction of sp³-hybridized carbons (Fsp3) is 0.594. The van der Waals surface area contributed by atoms with Crippen LogP contribution in [0.3, 0.4) is 0 Å². The summed E-state index contributed by atoms with van der Waals surface area (Å²) in [6, 6.07) is 18.5. The van der Waals surface area contributed by atoms with E-state index in [1.54, 1.807) is 24.3 Å². The maximum absolute atomic E-state index is 14.7. The van der Waals surface area contributed by atoms with Gasteiger partial charge in [0.2, 0.25) is 20.0 Å². The summed E-state index contributed by atoms with van der Waals surface area (Å²) < 4.78 is 60.2. The predicted molar refractivity (Wildman–Crippen MR) is 339 cm³/mol. The van der Waals surface area contributed by atoms with E-state index in [0.29, 0.717) is 13.0 Å². The van der Waals surface area contributed by atoms with Crippen molar-refractivity contribution in [3.63, 3.8) is 0 Å². The molecular formula is C69H99N3O8S2. The zero-order valence-electron chi connectivity index (χ0n) is 50.1. The lowest BCUT2D eigenvalue weighted by Gasteiger charge is -2.27. The molecule has 450 valence electrons. The van der Waals surface area contributed by atoms with E-state index in [1.807, 2.05) is 0 Å². The van der Waals surface area contributed by atoms with Gasteiger partial charge in [-0.15, -0.1) is 0 Å². The van der Waals surface area contributed by atoms with Crippen LogP contribution in [0.15, 0.2) is 72.8 Å². The lowest BCUT2D eigenvalue weighted by molar-refractivity contribution is 0.0978. The summed E-state index contributed by atoms with van der Waals surface area (Å²) in [5.41, 5.74) is 0.0206. The molecule has 2 aliphatic rings. The van der Waals surface area contributed by atoms with E-state index >= 15 is 0 Å². The van der Waals surface area contributed by atoms with Gasteiger partial charge in [-0.2, -0.15) is 0 Å². The molecule has 0 amide bonds. The van der Waals surface area contributed by atoms with E-state index in [2.05, 4.69) is 28.6 Å². The normalized spacial score (nSPS) is 13.0. The number of benzene rings is 4. The lowest BCUT2D eigenvalue weighted by atomic mass is 9.76. The van der Waals surface area contributed by atoms with E-state index in [9.17, 15) is 36.0 Å². The molecular weight excluding hydrogens is 1060 g/mol. The molecule has 4 aromatic carbocycles. The van der Waals surface area contributed by atoms with Crippen molar-refractivity contribution >= 4 is 54.6 Å². The topological polar surface area (TPSA) is 173 Å². The second kappa shape index (κ2) is 36.0. The summed E-state index contributed by atoms with van der Waals surface area (Å²) in [6.07, 6.45) is 43.3. The monoisotopic (exact) mass is 1160 g/mol. The van der Waals surface area contributed by atoms with Crippen LogP contribution in [0.2, 0.25) is 0 Å². The number of nitrogens with one attached hydrogen (secondary N) is 3. The maximum atomic E-state index is 14.7. The average Bonchev–Trinajstić information content (AvgIpc) is 3.66. The van der Waals surface area contributed by atoms with Crippen LogP contribution in [-0.2, 0) is 20.0 Å². The van der Waals surface area contributed by atoms with Gasteiger partial charge in [0.25, 0.3) is 0 Å². The van der Waals surface area contributed by atoms with Gasteiger partial charge in [-0.25, -0.2) is 16.8 Å². The quantitative estimate of drug-likeness (QED) is 0.0315. The fourth-order valence-corrected chi connectivity index (χ4v) is 14.2. The van der Waals surface area contributed by atoms with Gasteiger partial charge >= 0.3 is 0 Å². The van der Waals surface area contributed by atoms with Gasteiger partial charge in [-0.05, 0) is 42.6 Å². The Morgan fingerprint density at radius 1 is 0.280 bits per heavy atom. The molecule has 6 rings (SSSR count). The molecule has 0 aliphatic heterocycles. The first-order chi connectivity index (χ1) is 39.9. The minimum atomic E-state index is -4.04. The molecule has 0 spiro atoms. The molecule has 4 aromatic rings. The largest absolute Gasteiger partial charge is 0.316 e. The maximum Gasteiger partial charge on any atom is 0.233 e. The molecule has 0 unspecified atom stereocenters. The number of carbonyl (C=O) groups is 4. The summed E-state index contributed by atoms with van der Waals surface area (Å²) >= 11 is 0. The molecule has 82 heavy (non-hydrogen) atoms. The van der Waals surface area contributed by atoms with E-state index in [4.69, 9.17) is 0 Å². The van der Waals surface area contributed by atoms with Gasteiger partial charge in [-0.3, -0.25) is 28.6 Å². The molecule has 11 nitrogen and oxygen atoms in total. The van der Waals surface area contributed by atoms with Crippen LogP contribution in [-0.4, -0.2) is 64.6 Å². The van der Waals surface area contributed by atoms with Crippen LogP contribution in [0, 0.1) is 0 Å². The molecule has 0 saturated carbocycles. The molecule has 0 heterocycles. The van der Waals surface area contributed by atoms with Crippen LogP contribution in [0.4, 0.5) is 11.4 Å². The minimum absolute atomic E-state index is 0.0566. The number of unbranched alkanes of at least 4 members (excludes halogenated alkanes) is 33. The van der Waals surface area contributed by atoms with Gasteiger partial charge in [-0.1, -0.05) is 286 Å². The van der Waals surface area contributed by atoms with Crippen molar-refractivity contribution in [2.75, 3.05) is 34.0 Å². The summed E-state index contributed by atoms with van der Waals surface area (Å²) in [7, 11) is -8.02. The molecule has 0 saturated heterocycles. The molecule has 0 atom stereocenters. The molecule has 0 aromatic heterocycles. The van der Waals surface area contributed by atoms with Crippen LogP contribution in [0.5, 0.6) is 0 Å². The van der Waals surface area contributed by atoms with E-state index in [-0.39, 0.29) is 85.1 Å². The average molecular weight is 1160 g/mol. The molecule has 3 N–H and O–H groups in total. The van der Waals surface area contributed by atoms with Gasteiger partial charge in [0.1, 0.15) is 0 Å². The van der Waals surface area contributed by atoms with Crippen molar-refractivity contribution in [3.05, 3.63) is 117 Å². The van der Waals surface area contributed by atoms with Crippen LogP contribution < -0.4 is 14.8 Å². The fourth-order valence-electron chi connectivity index (χ4n) is 12.0. The number of rotatable bonds is 45. The first-order valence-corrected chi connectivity index (χ1v) is 35.6. The van der Waals surface area contributed by atoms with Crippen molar-refractivity contribution in [2.45, 2.75) is 239 Å². The van der Waals surface area contributed by atoms with Crippen LogP contribution >= 0.6 is 0 Å². The Hall–Kier alpha value is -4.98. The highest BCUT2D eigenvalue weighted by atomic mass is 32.2. The van der Waals surface area contributed by atoms with Gasteiger partial charge in [0.15, 0.2) is 23.1 Å². The third kappa shape index (κ3) is 20.7. The lowest BCUT2D eigenvalue weighted by Crippen LogP contribution is -2.29. The molecule has 13 heteroatoms. The summed E-state index contributed by atoms with van der Waals surface area (Å²) in [5.74, 6) is -2.70. The van der Waals surface area contributed by atoms with E-state index in [0.717, 1.165) is 44.9 Å². The smallest absolute Gasteiger partial charge is 0.233 e. The van der Waals surface area contributed by atoms with Crippen molar-refractivity contribution in [1.82, 2.24) is 5.32 Å². The van der Waals surface area contributed by atoms with Crippen molar-refractivity contribution in [2.24, 2.45) is 0 Å². The van der Waals surface area contributed by atoms with E-state index < -0.39 is 43.2 Å². The Labute approximate surface area is 494 Å². The van der Waals surface area contributed by atoms with Crippen molar-refractivity contribution in [3.8, 4) is 11.1 Å².